The number of allylic oxidation sites excluding steroid dienone is 1. The molecule has 2 rings (SSSR count). The summed E-state index contributed by atoms with van der Waals surface area (Å²) >= 11 is 1.51. The van der Waals surface area contributed by atoms with Crippen molar-refractivity contribution in [2.45, 2.75) is 18.7 Å². The van der Waals surface area contributed by atoms with E-state index in [1.807, 2.05) is 11.8 Å². The Balaban J connectivity index is 2.44. The van der Waals surface area contributed by atoms with E-state index in [-0.39, 0.29) is 11.6 Å². The highest BCUT2D eigenvalue weighted by atomic mass is 32.2. The monoisotopic (exact) mass is 237 g/mol. The lowest BCUT2D eigenvalue weighted by atomic mass is 10.3. The topological polar surface area (TPSA) is 20.3 Å². The van der Waals surface area contributed by atoms with Gasteiger partial charge in [-0.25, -0.2) is 4.39 Å². The van der Waals surface area contributed by atoms with Crippen LogP contribution < -0.4 is 4.90 Å². The lowest BCUT2D eigenvalue weighted by molar-refractivity contribution is -0.112. The van der Waals surface area contributed by atoms with E-state index in [1.165, 1.54) is 30.8 Å². The van der Waals surface area contributed by atoms with Crippen molar-refractivity contribution in [3.05, 3.63) is 35.1 Å². The molecule has 0 aliphatic carbocycles. The lowest BCUT2D eigenvalue weighted by Gasteiger charge is -2.17. The Morgan fingerprint density at radius 1 is 1.56 bits per heavy atom. The van der Waals surface area contributed by atoms with E-state index in [1.54, 1.807) is 12.1 Å². The van der Waals surface area contributed by atoms with Crippen LogP contribution in [0.1, 0.15) is 13.8 Å². The Labute approximate surface area is 98.1 Å². The summed E-state index contributed by atoms with van der Waals surface area (Å²) in [6.07, 6.45) is 1.59. The van der Waals surface area contributed by atoms with E-state index in [4.69, 9.17) is 0 Å². The second-order valence-electron chi connectivity index (χ2n) is 3.55. The number of hydrogen-bond donors (Lipinski definition) is 0. The summed E-state index contributed by atoms with van der Waals surface area (Å²) in [5.74, 6) is -0.240. The molecule has 1 aliphatic heterocycles. The number of thioether (sulfide) groups is 1. The van der Waals surface area contributed by atoms with E-state index >= 15 is 0 Å². The number of halogens is 1. The number of ketones is 1. The Morgan fingerprint density at radius 3 is 2.94 bits per heavy atom. The first-order chi connectivity index (χ1) is 7.61. The number of anilines is 1. The van der Waals surface area contributed by atoms with Crippen LogP contribution in [0.25, 0.3) is 0 Å². The molecule has 1 aromatic rings. The zero-order valence-electron chi connectivity index (χ0n) is 9.16. The molecule has 1 aliphatic rings. The van der Waals surface area contributed by atoms with Gasteiger partial charge in [0.25, 0.3) is 0 Å². The van der Waals surface area contributed by atoms with Crippen LogP contribution in [-0.4, -0.2) is 12.3 Å². The summed E-state index contributed by atoms with van der Waals surface area (Å²) in [7, 11) is 0. The smallest absolute Gasteiger partial charge is 0.155 e. The van der Waals surface area contributed by atoms with Crippen LogP contribution in [0.3, 0.4) is 0 Å². The molecule has 0 fully saturated rings. The van der Waals surface area contributed by atoms with Crippen molar-refractivity contribution in [3.63, 3.8) is 0 Å². The van der Waals surface area contributed by atoms with Gasteiger partial charge in [-0.1, -0.05) is 11.8 Å². The Morgan fingerprint density at radius 2 is 2.31 bits per heavy atom. The van der Waals surface area contributed by atoms with Crippen molar-refractivity contribution in [3.8, 4) is 0 Å². The van der Waals surface area contributed by atoms with E-state index < -0.39 is 0 Å². The minimum atomic E-state index is -0.248. The molecule has 0 bridgehead atoms. The summed E-state index contributed by atoms with van der Waals surface area (Å²) in [5, 5.41) is 0.871. The molecule has 16 heavy (non-hydrogen) atoms. The average molecular weight is 237 g/mol. The summed E-state index contributed by atoms with van der Waals surface area (Å²) in [6, 6.07) is 4.70. The van der Waals surface area contributed by atoms with Gasteiger partial charge in [-0.2, -0.15) is 0 Å². The van der Waals surface area contributed by atoms with Crippen LogP contribution >= 0.6 is 11.8 Å². The lowest BCUT2D eigenvalue weighted by Crippen LogP contribution is -2.17. The molecule has 0 unspecified atom stereocenters. The van der Waals surface area contributed by atoms with Gasteiger partial charge in [0.2, 0.25) is 0 Å². The van der Waals surface area contributed by atoms with Gasteiger partial charge in [-0.3, -0.25) is 4.79 Å². The van der Waals surface area contributed by atoms with Crippen molar-refractivity contribution in [2.75, 3.05) is 11.4 Å². The van der Waals surface area contributed by atoms with Gasteiger partial charge in [0.15, 0.2) is 5.78 Å². The fraction of sp³-hybridized carbons (Fsp3) is 0.250. The van der Waals surface area contributed by atoms with Gasteiger partial charge < -0.3 is 4.90 Å². The van der Waals surface area contributed by atoms with Crippen molar-refractivity contribution in [2.24, 2.45) is 0 Å². The predicted molar refractivity (Wildman–Crippen MR) is 64.0 cm³/mol. The number of fused-ring (bicyclic) bond motifs is 1. The van der Waals surface area contributed by atoms with Gasteiger partial charge in [-0.05, 0) is 32.0 Å². The quantitative estimate of drug-likeness (QED) is 0.737. The molecule has 0 spiro atoms. The normalized spacial score (nSPS) is 16.7. The largest absolute Gasteiger partial charge is 0.335 e. The second-order valence-corrected chi connectivity index (χ2v) is 4.61. The Hall–Kier alpha value is -1.29. The molecule has 0 N–H and O–H groups in total. The third-order valence-electron chi connectivity index (χ3n) is 2.34. The molecule has 84 valence electrons. The molecule has 1 aromatic carbocycles. The number of rotatable bonds is 2. The summed E-state index contributed by atoms with van der Waals surface area (Å²) in [6.45, 7) is 4.22. The molecule has 0 saturated carbocycles. The number of carbonyl (C=O) groups excluding carboxylic acids is 1. The van der Waals surface area contributed by atoms with Crippen LogP contribution in [0.2, 0.25) is 0 Å². The van der Waals surface area contributed by atoms with Gasteiger partial charge >= 0.3 is 0 Å². The number of benzene rings is 1. The van der Waals surface area contributed by atoms with Gasteiger partial charge in [-0.15, -0.1) is 0 Å². The minimum Gasteiger partial charge on any atom is -0.335 e. The molecular weight excluding hydrogens is 225 g/mol. The van der Waals surface area contributed by atoms with E-state index in [9.17, 15) is 9.18 Å². The maximum atomic E-state index is 13.1. The summed E-state index contributed by atoms with van der Waals surface area (Å²) < 4.78 is 13.1. The van der Waals surface area contributed by atoms with Gasteiger partial charge in [0.1, 0.15) is 5.82 Å². The first kappa shape index (κ1) is 11.2. The first-order valence-electron chi connectivity index (χ1n) is 5.09. The SMILES string of the molecule is CCN1C(=CC(C)=O)Sc2ccc(F)cc21. The highest BCUT2D eigenvalue weighted by molar-refractivity contribution is 8.03. The van der Waals surface area contributed by atoms with Crippen molar-refractivity contribution >= 4 is 23.2 Å². The third-order valence-corrected chi connectivity index (χ3v) is 3.45. The van der Waals surface area contributed by atoms with Crippen LogP contribution in [0.4, 0.5) is 10.1 Å². The van der Waals surface area contributed by atoms with Crippen molar-refractivity contribution < 1.29 is 9.18 Å². The molecule has 0 saturated heterocycles. The standard InChI is InChI=1S/C12H12FNOS/c1-3-14-10-7-9(13)4-5-11(10)16-12(14)6-8(2)15/h4-7H,3H2,1-2H3. The zero-order valence-corrected chi connectivity index (χ0v) is 9.97. The summed E-state index contributed by atoms with van der Waals surface area (Å²) in [4.78, 5) is 14.0. The van der Waals surface area contributed by atoms with Crippen LogP contribution in [0.5, 0.6) is 0 Å². The van der Waals surface area contributed by atoms with Gasteiger partial charge in [0.05, 0.1) is 10.7 Å². The molecule has 4 heteroatoms. The highest BCUT2D eigenvalue weighted by Gasteiger charge is 2.24. The number of nitrogens with zero attached hydrogens (tertiary/aromatic N) is 1. The fourth-order valence-corrected chi connectivity index (χ4v) is 2.88. The second kappa shape index (κ2) is 4.29. The molecule has 0 atom stereocenters. The highest BCUT2D eigenvalue weighted by Crippen LogP contribution is 2.45. The van der Waals surface area contributed by atoms with E-state index in [0.29, 0.717) is 0 Å². The minimum absolute atomic E-state index is 0.00854. The molecule has 1 heterocycles. The Kier molecular flexibility index (Phi) is 3.01. The van der Waals surface area contributed by atoms with Crippen molar-refractivity contribution in [1.82, 2.24) is 0 Å². The van der Waals surface area contributed by atoms with Crippen molar-refractivity contribution in [1.29, 1.82) is 0 Å². The van der Waals surface area contributed by atoms with Crippen LogP contribution in [0.15, 0.2) is 34.2 Å². The number of carbonyl (C=O) groups is 1. The predicted octanol–water partition coefficient (Wildman–Crippen LogP) is 3.19. The summed E-state index contributed by atoms with van der Waals surface area (Å²) in [5.41, 5.74) is 0.847. The van der Waals surface area contributed by atoms with E-state index in [2.05, 4.69) is 0 Å². The van der Waals surface area contributed by atoms with Gasteiger partial charge in [0, 0.05) is 17.5 Å². The molecule has 0 amide bonds. The maximum absolute atomic E-state index is 13.1. The Bertz CT molecular complexity index is 470. The molecule has 2 nitrogen and oxygen atoms in total. The van der Waals surface area contributed by atoms with Crippen LogP contribution in [0, 0.1) is 5.82 Å². The maximum Gasteiger partial charge on any atom is 0.155 e. The molecule has 0 radical (unpaired) electrons. The fourth-order valence-electron chi connectivity index (χ4n) is 1.68. The number of hydrogen-bond acceptors (Lipinski definition) is 3. The molecular formula is C12H12FNOS. The third kappa shape index (κ3) is 1.97. The first-order valence-corrected chi connectivity index (χ1v) is 5.90. The van der Waals surface area contributed by atoms with E-state index in [0.717, 1.165) is 22.2 Å². The zero-order chi connectivity index (χ0) is 11.7. The van der Waals surface area contributed by atoms with Crippen LogP contribution in [-0.2, 0) is 4.79 Å². The average Bonchev–Trinajstić information content (AvgIpc) is 2.53. The molecule has 0 aromatic heterocycles.